The zero-order chi connectivity index (χ0) is 14.3. The maximum atomic E-state index is 5.80. The van der Waals surface area contributed by atoms with Gasteiger partial charge in [-0.25, -0.2) is 0 Å². The SMILES string of the molecule is CCOc1ccccc1OCCNC1(C)CCCOC1. The average Bonchev–Trinajstić information content (AvgIpc) is 2.46. The highest BCUT2D eigenvalue weighted by atomic mass is 16.5. The van der Waals surface area contributed by atoms with Crippen molar-refractivity contribution in [3.63, 3.8) is 0 Å². The Labute approximate surface area is 121 Å². The van der Waals surface area contributed by atoms with Gasteiger partial charge in [-0.1, -0.05) is 12.1 Å². The van der Waals surface area contributed by atoms with Gasteiger partial charge in [-0.3, -0.25) is 0 Å². The van der Waals surface area contributed by atoms with Crippen molar-refractivity contribution in [2.24, 2.45) is 0 Å². The maximum Gasteiger partial charge on any atom is 0.161 e. The summed E-state index contributed by atoms with van der Waals surface area (Å²) in [5.41, 5.74) is 0.0844. The van der Waals surface area contributed by atoms with Crippen LogP contribution in [0.4, 0.5) is 0 Å². The highest BCUT2D eigenvalue weighted by molar-refractivity contribution is 5.39. The molecule has 0 radical (unpaired) electrons. The fraction of sp³-hybridized carbons (Fsp3) is 0.625. The molecule has 0 aliphatic carbocycles. The molecule has 1 unspecified atom stereocenters. The molecule has 1 fully saturated rings. The molecule has 1 aromatic carbocycles. The van der Waals surface area contributed by atoms with Crippen molar-refractivity contribution in [3.8, 4) is 11.5 Å². The van der Waals surface area contributed by atoms with Crippen LogP contribution in [0.25, 0.3) is 0 Å². The summed E-state index contributed by atoms with van der Waals surface area (Å²) in [5, 5.41) is 3.53. The van der Waals surface area contributed by atoms with Crippen LogP contribution in [0, 0.1) is 0 Å². The molecule has 112 valence electrons. The predicted octanol–water partition coefficient (Wildman–Crippen LogP) is 2.62. The Hall–Kier alpha value is -1.26. The lowest BCUT2D eigenvalue weighted by atomic mass is 9.95. The molecule has 1 aromatic rings. The van der Waals surface area contributed by atoms with E-state index in [-0.39, 0.29) is 5.54 Å². The van der Waals surface area contributed by atoms with Gasteiger partial charge in [-0.15, -0.1) is 0 Å². The van der Waals surface area contributed by atoms with E-state index >= 15 is 0 Å². The minimum Gasteiger partial charge on any atom is -0.490 e. The van der Waals surface area contributed by atoms with Crippen molar-refractivity contribution < 1.29 is 14.2 Å². The fourth-order valence-corrected chi connectivity index (χ4v) is 2.43. The van der Waals surface area contributed by atoms with E-state index in [1.54, 1.807) is 0 Å². The van der Waals surface area contributed by atoms with Crippen molar-refractivity contribution in [1.82, 2.24) is 5.32 Å². The molecular weight excluding hydrogens is 254 g/mol. The smallest absolute Gasteiger partial charge is 0.161 e. The van der Waals surface area contributed by atoms with Gasteiger partial charge in [0.15, 0.2) is 11.5 Å². The number of rotatable bonds is 7. The molecule has 4 heteroatoms. The van der Waals surface area contributed by atoms with E-state index < -0.39 is 0 Å². The molecule has 2 rings (SSSR count). The van der Waals surface area contributed by atoms with Gasteiger partial charge in [-0.05, 0) is 38.8 Å². The quantitative estimate of drug-likeness (QED) is 0.779. The van der Waals surface area contributed by atoms with Gasteiger partial charge in [0.2, 0.25) is 0 Å². The van der Waals surface area contributed by atoms with E-state index in [9.17, 15) is 0 Å². The number of hydrogen-bond donors (Lipinski definition) is 1. The summed E-state index contributed by atoms with van der Waals surface area (Å²) in [6, 6.07) is 7.79. The summed E-state index contributed by atoms with van der Waals surface area (Å²) >= 11 is 0. The first-order chi connectivity index (χ1) is 9.73. The Kier molecular flexibility index (Phi) is 5.68. The number of ether oxygens (including phenoxy) is 3. The summed E-state index contributed by atoms with van der Waals surface area (Å²) in [6.45, 7) is 7.93. The van der Waals surface area contributed by atoms with Gasteiger partial charge in [0.1, 0.15) is 6.61 Å². The number of para-hydroxylation sites is 2. The fourth-order valence-electron chi connectivity index (χ4n) is 2.43. The lowest BCUT2D eigenvalue weighted by Crippen LogP contribution is -2.50. The number of benzene rings is 1. The van der Waals surface area contributed by atoms with Gasteiger partial charge in [0.05, 0.1) is 13.2 Å². The Balaban J connectivity index is 1.75. The highest BCUT2D eigenvalue weighted by Gasteiger charge is 2.26. The van der Waals surface area contributed by atoms with Crippen molar-refractivity contribution >= 4 is 0 Å². The van der Waals surface area contributed by atoms with E-state index in [4.69, 9.17) is 14.2 Å². The third-order valence-corrected chi connectivity index (χ3v) is 3.50. The zero-order valence-corrected chi connectivity index (χ0v) is 12.5. The summed E-state index contributed by atoms with van der Waals surface area (Å²) in [5.74, 6) is 1.61. The van der Waals surface area contributed by atoms with Crippen molar-refractivity contribution in [2.75, 3.05) is 33.0 Å². The second kappa shape index (κ2) is 7.50. The predicted molar refractivity (Wildman–Crippen MR) is 79.6 cm³/mol. The van der Waals surface area contributed by atoms with E-state index in [1.165, 1.54) is 0 Å². The maximum absolute atomic E-state index is 5.80. The monoisotopic (exact) mass is 279 g/mol. The molecule has 0 aromatic heterocycles. The molecular formula is C16H25NO3. The van der Waals surface area contributed by atoms with Crippen molar-refractivity contribution in [1.29, 1.82) is 0 Å². The minimum absolute atomic E-state index is 0.0844. The van der Waals surface area contributed by atoms with Crippen LogP contribution in [-0.4, -0.2) is 38.5 Å². The molecule has 0 spiro atoms. The molecule has 1 heterocycles. The first-order valence-corrected chi connectivity index (χ1v) is 7.41. The largest absolute Gasteiger partial charge is 0.490 e. The molecule has 1 N–H and O–H groups in total. The van der Waals surface area contributed by atoms with Crippen LogP contribution in [0.3, 0.4) is 0 Å². The van der Waals surface area contributed by atoms with E-state index in [1.807, 2.05) is 31.2 Å². The van der Waals surface area contributed by atoms with E-state index in [0.717, 1.165) is 44.1 Å². The molecule has 1 saturated heterocycles. The van der Waals surface area contributed by atoms with Gasteiger partial charge < -0.3 is 19.5 Å². The van der Waals surface area contributed by atoms with Gasteiger partial charge in [-0.2, -0.15) is 0 Å². The summed E-state index contributed by atoms with van der Waals surface area (Å²) < 4.78 is 16.9. The molecule has 20 heavy (non-hydrogen) atoms. The first kappa shape index (κ1) is 15.1. The summed E-state index contributed by atoms with van der Waals surface area (Å²) in [7, 11) is 0. The second-order valence-electron chi connectivity index (χ2n) is 5.37. The molecule has 1 aliphatic rings. The normalized spacial score (nSPS) is 22.5. The molecule has 1 atom stereocenters. The first-order valence-electron chi connectivity index (χ1n) is 7.41. The van der Waals surface area contributed by atoms with Crippen molar-refractivity contribution in [3.05, 3.63) is 24.3 Å². The van der Waals surface area contributed by atoms with Crippen LogP contribution in [0.5, 0.6) is 11.5 Å². The Morgan fingerprint density at radius 3 is 2.65 bits per heavy atom. The number of hydrogen-bond acceptors (Lipinski definition) is 4. The van der Waals surface area contributed by atoms with Crippen LogP contribution in [0.1, 0.15) is 26.7 Å². The van der Waals surface area contributed by atoms with Crippen LogP contribution in [0.15, 0.2) is 24.3 Å². The van der Waals surface area contributed by atoms with Crippen molar-refractivity contribution in [2.45, 2.75) is 32.2 Å². The Bertz CT molecular complexity index is 402. The van der Waals surface area contributed by atoms with Crippen LogP contribution in [-0.2, 0) is 4.74 Å². The second-order valence-corrected chi connectivity index (χ2v) is 5.37. The highest BCUT2D eigenvalue weighted by Crippen LogP contribution is 2.26. The van der Waals surface area contributed by atoms with E-state index in [0.29, 0.717) is 13.2 Å². The topological polar surface area (TPSA) is 39.7 Å². The Morgan fingerprint density at radius 2 is 2.00 bits per heavy atom. The third-order valence-electron chi connectivity index (χ3n) is 3.50. The van der Waals surface area contributed by atoms with Crippen LogP contribution >= 0.6 is 0 Å². The summed E-state index contributed by atoms with van der Waals surface area (Å²) in [6.07, 6.45) is 2.28. The minimum atomic E-state index is 0.0844. The Morgan fingerprint density at radius 1 is 1.25 bits per heavy atom. The molecule has 0 saturated carbocycles. The van der Waals surface area contributed by atoms with Gasteiger partial charge in [0, 0.05) is 18.7 Å². The molecule has 0 amide bonds. The molecule has 4 nitrogen and oxygen atoms in total. The summed E-state index contributed by atoms with van der Waals surface area (Å²) in [4.78, 5) is 0. The standard InChI is InChI=1S/C16H25NO3/c1-3-19-14-7-4-5-8-15(14)20-12-10-17-16(2)9-6-11-18-13-16/h4-5,7-8,17H,3,6,9-13H2,1-2H3. The number of nitrogens with one attached hydrogen (secondary N) is 1. The lowest BCUT2D eigenvalue weighted by molar-refractivity contribution is 0.0272. The van der Waals surface area contributed by atoms with Gasteiger partial charge >= 0.3 is 0 Å². The molecule has 0 bridgehead atoms. The average molecular weight is 279 g/mol. The lowest BCUT2D eigenvalue weighted by Gasteiger charge is -2.34. The third kappa shape index (κ3) is 4.39. The van der Waals surface area contributed by atoms with Crippen LogP contribution in [0.2, 0.25) is 0 Å². The molecule has 1 aliphatic heterocycles. The van der Waals surface area contributed by atoms with Crippen LogP contribution < -0.4 is 14.8 Å². The van der Waals surface area contributed by atoms with E-state index in [2.05, 4.69) is 12.2 Å². The van der Waals surface area contributed by atoms with Gasteiger partial charge in [0.25, 0.3) is 0 Å². The zero-order valence-electron chi connectivity index (χ0n) is 12.5.